The molecule has 18 heavy (non-hydrogen) atoms. The second-order valence-electron chi connectivity index (χ2n) is 3.76. The first kappa shape index (κ1) is 14.6. The van der Waals surface area contributed by atoms with Gasteiger partial charge in [0.05, 0.1) is 18.8 Å². The molecule has 0 unspecified atom stereocenters. The first-order valence-electron chi connectivity index (χ1n) is 5.72. The number of nitrogens with zero attached hydrogens (tertiary/aromatic N) is 1. The molecule has 1 amide bonds. The highest BCUT2D eigenvalue weighted by Gasteiger charge is 2.18. The van der Waals surface area contributed by atoms with Gasteiger partial charge in [0, 0.05) is 27.3 Å². The predicted molar refractivity (Wildman–Crippen MR) is 66.1 cm³/mol. The van der Waals surface area contributed by atoms with Crippen molar-refractivity contribution in [1.29, 1.82) is 0 Å². The molecule has 0 N–H and O–H groups in total. The molecule has 4 nitrogen and oxygen atoms in total. The van der Waals surface area contributed by atoms with Gasteiger partial charge in [-0.1, -0.05) is 12.1 Å². The summed E-state index contributed by atoms with van der Waals surface area (Å²) < 4.78 is 23.4. The second kappa shape index (κ2) is 7.79. The number of rotatable bonds is 7. The average Bonchev–Trinajstić information content (AvgIpc) is 2.39. The quantitative estimate of drug-likeness (QED) is 0.742. The number of carbonyl (C=O) groups is 1. The van der Waals surface area contributed by atoms with Crippen LogP contribution in [0.2, 0.25) is 0 Å². The highest BCUT2D eigenvalue weighted by atomic mass is 19.1. The number of hydrogen-bond donors (Lipinski definition) is 0. The molecular weight excluding hydrogens is 237 g/mol. The maximum atomic E-state index is 13.5. The van der Waals surface area contributed by atoms with E-state index in [1.165, 1.54) is 17.0 Å². The van der Waals surface area contributed by atoms with E-state index in [1.807, 2.05) is 0 Å². The Kier molecular flexibility index (Phi) is 6.32. The molecule has 1 aromatic carbocycles. The summed E-state index contributed by atoms with van der Waals surface area (Å²) in [6.45, 7) is 1.63. The van der Waals surface area contributed by atoms with Crippen molar-refractivity contribution in [2.75, 3.05) is 40.5 Å². The summed E-state index contributed by atoms with van der Waals surface area (Å²) in [5.74, 6) is -0.857. The van der Waals surface area contributed by atoms with Crippen LogP contribution >= 0.6 is 0 Å². The van der Waals surface area contributed by atoms with Gasteiger partial charge >= 0.3 is 0 Å². The predicted octanol–water partition coefficient (Wildman–Crippen LogP) is 1.56. The molecule has 0 saturated heterocycles. The zero-order valence-corrected chi connectivity index (χ0v) is 10.7. The standard InChI is InChI=1S/C13H18FNO3/c1-17-9-7-15(8-10-18-2)13(16)11-5-3-4-6-12(11)14/h3-6H,7-10H2,1-2H3. The summed E-state index contributed by atoms with van der Waals surface area (Å²) in [6, 6.07) is 5.95. The summed E-state index contributed by atoms with van der Waals surface area (Å²) in [4.78, 5) is 13.7. The molecule has 100 valence electrons. The number of halogens is 1. The molecule has 1 rings (SSSR count). The van der Waals surface area contributed by atoms with Gasteiger partial charge in [-0.2, -0.15) is 0 Å². The minimum absolute atomic E-state index is 0.0738. The van der Waals surface area contributed by atoms with E-state index >= 15 is 0 Å². The summed E-state index contributed by atoms with van der Waals surface area (Å²) in [7, 11) is 3.12. The van der Waals surface area contributed by atoms with E-state index in [4.69, 9.17) is 9.47 Å². The number of carbonyl (C=O) groups excluding carboxylic acids is 1. The molecule has 0 aromatic heterocycles. The second-order valence-corrected chi connectivity index (χ2v) is 3.76. The summed E-state index contributed by atoms with van der Waals surface area (Å²) in [5, 5.41) is 0. The van der Waals surface area contributed by atoms with Crippen molar-refractivity contribution in [2.45, 2.75) is 0 Å². The SMILES string of the molecule is COCCN(CCOC)C(=O)c1ccccc1F. The van der Waals surface area contributed by atoms with Crippen molar-refractivity contribution in [3.05, 3.63) is 35.6 Å². The normalized spacial score (nSPS) is 10.4. The van der Waals surface area contributed by atoms with Crippen molar-refractivity contribution < 1.29 is 18.7 Å². The first-order valence-corrected chi connectivity index (χ1v) is 5.72. The van der Waals surface area contributed by atoms with Gasteiger partial charge in [-0.15, -0.1) is 0 Å². The summed E-state index contributed by atoms with van der Waals surface area (Å²) in [6.07, 6.45) is 0. The Hall–Kier alpha value is -1.46. The minimum atomic E-state index is -0.512. The van der Waals surface area contributed by atoms with Crippen LogP contribution in [0, 0.1) is 5.82 Å². The van der Waals surface area contributed by atoms with Crippen LogP contribution in [-0.4, -0.2) is 51.3 Å². The van der Waals surface area contributed by atoms with Gasteiger partial charge in [-0.25, -0.2) is 4.39 Å². The molecule has 0 aliphatic heterocycles. The van der Waals surface area contributed by atoms with Crippen molar-refractivity contribution in [3.63, 3.8) is 0 Å². The third kappa shape index (κ3) is 4.09. The lowest BCUT2D eigenvalue weighted by molar-refractivity contribution is 0.0623. The van der Waals surface area contributed by atoms with E-state index in [0.717, 1.165) is 0 Å². The van der Waals surface area contributed by atoms with Crippen molar-refractivity contribution >= 4 is 5.91 Å². The monoisotopic (exact) mass is 255 g/mol. The Balaban J connectivity index is 2.77. The fourth-order valence-corrected chi connectivity index (χ4v) is 1.52. The van der Waals surface area contributed by atoms with Crippen LogP contribution in [0.15, 0.2) is 24.3 Å². The lowest BCUT2D eigenvalue weighted by Crippen LogP contribution is -2.36. The molecule has 0 heterocycles. The van der Waals surface area contributed by atoms with Crippen LogP contribution in [0.5, 0.6) is 0 Å². The third-order valence-electron chi connectivity index (χ3n) is 2.52. The highest BCUT2D eigenvalue weighted by molar-refractivity contribution is 5.94. The van der Waals surface area contributed by atoms with Crippen LogP contribution in [0.1, 0.15) is 10.4 Å². The van der Waals surface area contributed by atoms with Crippen molar-refractivity contribution in [2.24, 2.45) is 0 Å². The first-order chi connectivity index (χ1) is 8.70. The van der Waals surface area contributed by atoms with Gasteiger partial charge in [-0.3, -0.25) is 4.79 Å². The van der Waals surface area contributed by atoms with Crippen LogP contribution in [0.25, 0.3) is 0 Å². The maximum Gasteiger partial charge on any atom is 0.256 e. The van der Waals surface area contributed by atoms with Crippen LogP contribution in [-0.2, 0) is 9.47 Å². The van der Waals surface area contributed by atoms with Gasteiger partial charge in [0.25, 0.3) is 5.91 Å². The minimum Gasteiger partial charge on any atom is -0.383 e. The molecule has 0 spiro atoms. The largest absolute Gasteiger partial charge is 0.383 e. The van der Waals surface area contributed by atoms with E-state index in [9.17, 15) is 9.18 Å². The fourth-order valence-electron chi connectivity index (χ4n) is 1.52. The topological polar surface area (TPSA) is 38.8 Å². The lowest BCUT2D eigenvalue weighted by atomic mass is 10.2. The zero-order valence-electron chi connectivity index (χ0n) is 10.7. The Labute approximate surface area is 106 Å². The van der Waals surface area contributed by atoms with Gasteiger partial charge in [0.15, 0.2) is 0 Å². The Bertz CT molecular complexity index is 376. The number of hydrogen-bond acceptors (Lipinski definition) is 3. The Morgan fingerprint density at radius 3 is 2.22 bits per heavy atom. The Morgan fingerprint density at radius 2 is 1.72 bits per heavy atom. The third-order valence-corrected chi connectivity index (χ3v) is 2.52. The van der Waals surface area contributed by atoms with Gasteiger partial charge in [0.2, 0.25) is 0 Å². The number of methoxy groups -OCH3 is 2. The molecule has 0 atom stereocenters. The number of amides is 1. The molecule has 0 saturated carbocycles. The van der Waals surface area contributed by atoms with E-state index in [0.29, 0.717) is 26.3 Å². The fraction of sp³-hybridized carbons (Fsp3) is 0.462. The van der Waals surface area contributed by atoms with E-state index in [2.05, 4.69) is 0 Å². The molecule has 0 bridgehead atoms. The molecule has 1 aromatic rings. The number of ether oxygens (including phenoxy) is 2. The van der Waals surface area contributed by atoms with Crippen molar-refractivity contribution in [3.8, 4) is 0 Å². The molecule has 0 aliphatic carbocycles. The van der Waals surface area contributed by atoms with Crippen molar-refractivity contribution in [1.82, 2.24) is 4.90 Å². The van der Waals surface area contributed by atoms with Crippen LogP contribution in [0.3, 0.4) is 0 Å². The smallest absolute Gasteiger partial charge is 0.256 e. The van der Waals surface area contributed by atoms with Crippen LogP contribution < -0.4 is 0 Å². The average molecular weight is 255 g/mol. The number of benzene rings is 1. The maximum absolute atomic E-state index is 13.5. The summed E-state index contributed by atoms with van der Waals surface area (Å²) in [5.41, 5.74) is 0.0738. The van der Waals surface area contributed by atoms with E-state index in [-0.39, 0.29) is 11.5 Å². The van der Waals surface area contributed by atoms with E-state index in [1.54, 1.807) is 26.4 Å². The van der Waals surface area contributed by atoms with Gasteiger partial charge < -0.3 is 14.4 Å². The molecule has 5 heteroatoms. The van der Waals surface area contributed by atoms with Crippen LogP contribution in [0.4, 0.5) is 4.39 Å². The molecular formula is C13H18FNO3. The zero-order chi connectivity index (χ0) is 13.4. The molecule has 0 radical (unpaired) electrons. The van der Waals surface area contributed by atoms with Gasteiger partial charge in [0.1, 0.15) is 5.82 Å². The molecule has 0 fully saturated rings. The van der Waals surface area contributed by atoms with Gasteiger partial charge in [-0.05, 0) is 12.1 Å². The van der Waals surface area contributed by atoms with E-state index < -0.39 is 5.82 Å². The lowest BCUT2D eigenvalue weighted by Gasteiger charge is -2.22. The Morgan fingerprint density at radius 1 is 1.17 bits per heavy atom. The summed E-state index contributed by atoms with van der Waals surface area (Å²) >= 11 is 0. The highest BCUT2D eigenvalue weighted by Crippen LogP contribution is 2.10. The molecule has 0 aliphatic rings.